The van der Waals surface area contributed by atoms with E-state index in [9.17, 15) is 21.6 Å². The third kappa shape index (κ3) is 2.93. The Bertz CT molecular complexity index is 693. The lowest BCUT2D eigenvalue weighted by Gasteiger charge is -2.13. The van der Waals surface area contributed by atoms with Gasteiger partial charge in [0, 0.05) is 0 Å². The highest BCUT2D eigenvalue weighted by Crippen LogP contribution is 2.35. The molecule has 0 bridgehead atoms. The van der Waals surface area contributed by atoms with Gasteiger partial charge in [-0.2, -0.15) is 13.2 Å². The molecule has 9 heteroatoms. The summed E-state index contributed by atoms with van der Waals surface area (Å²) in [5.74, 6) is -0.698. The van der Waals surface area contributed by atoms with Crippen LogP contribution in [0.2, 0.25) is 0 Å². The van der Waals surface area contributed by atoms with E-state index < -0.39 is 39.0 Å². The van der Waals surface area contributed by atoms with Crippen molar-refractivity contribution in [2.24, 2.45) is 10.7 Å². The molecule has 2 N–H and O–H groups in total. The highest BCUT2D eigenvalue weighted by atomic mass is 32.2. The van der Waals surface area contributed by atoms with Crippen LogP contribution in [0.15, 0.2) is 40.5 Å². The number of para-hydroxylation sites is 1. The number of sulfone groups is 1. The lowest BCUT2D eigenvalue weighted by atomic mass is 10.2. The van der Waals surface area contributed by atoms with Crippen LogP contribution in [0.5, 0.6) is 5.75 Å². The monoisotopic (exact) mass is 306 g/mol. The number of nitrogens with two attached hydrogens (primary N) is 1. The first kappa shape index (κ1) is 14.4. The molecule has 0 spiro atoms. The Morgan fingerprint density at radius 3 is 2.45 bits per heavy atom. The number of alkyl halides is 3. The molecule has 0 saturated heterocycles. The van der Waals surface area contributed by atoms with E-state index >= 15 is 0 Å². The van der Waals surface area contributed by atoms with E-state index in [0.29, 0.717) is 0 Å². The van der Waals surface area contributed by atoms with Gasteiger partial charge < -0.3 is 10.5 Å². The van der Waals surface area contributed by atoms with Crippen LogP contribution in [0.3, 0.4) is 0 Å². The van der Waals surface area contributed by atoms with Crippen LogP contribution >= 0.6 is 0 Å². The summed E-state index contributed by atoms with van der Waals surface area (Å²) in [4.78, 5) is 3.51. The van der Waals surface area contributed by atoms with E-state index in [-0.39, 0.29) is 5.82 Å². The zero-order valence-corrected chi connectivity index (χ0v) is 10.7. The van der Waals surface area contributed by atoms with Crippen LogP contribution in [0, 0.1) is 0 Å². The van der Waals surface area contributed by atoms with Gasteiger partial charge in [0.25, 0.3) is 0 Å². The van der Waals surface area contributed by atoms with Crippen molar-refractivity contribution in [3.8, 4) is 5.75 Å². The maximum Gasteiger partial charge on any atom is 0.419 e. The molecule has 108 valence electrons. The second kappa shape index (κ2) is 4.82. The van der Waals surface area contributed by atoms with Crippen LogP contribution < -0.4 is 10.5 Å². The molecule has 0 unspecified atom stereocenters. The average Bonchev–Trinajstić information content (AvgIpc) is 2.58. The first-order chi connectivity index (χ1) is 9.20. The summed E-state index contributed by atoms with van der Waals surface area (Å²) < 4.78 is 66.0. The van der Waals surface area contributed by atoms with Gasteiger partial charge in [0.05, 0.1) is 11.0 Å². The Morgan fingerprint density at radius 1 is 1.25 bits per heavy atom. The molecule has 2 rings (SSSR count). The summed E-state index contributed by atoms with van der Waals surface area (Å²) in [6.07, 6.45) is -4.59. The first-order valence-corrected chi connectivity index (χ1v) is 6.83. The Kier molecular flexibility index (Phi) is 3.46. The van der Waals surface area contributed by atoms with E-state index in [1.54, 1.807) is 0 Å². The molecule has 0 saturated carbocycles. The minimum Gasteiger partial charge on any atom is -0.486 e. The van der Waals surface area contributed by atoms with E-state index in [0.717, 1.165) is 17.5 Å². The lowest BCUT2D eigenvalue weighted by molar-refractivity contribution is -0.138. The summed E-state index contributed by atoms with van der Waals surface area (Å²) in [6.45, 7) is -0.618. The Hall–Kier alpha value is -2.03. The smallest absolute Gasteiger partial charge is 0.419 e. The number of hydrogen-bond donors (Lipinski definition) is 1. The number of aliphatic imine (C=N–C) groups is 1. The molecule has 5 nitrogen and oxygen atoms in total. The molecule has 1 aromatic carbocycles. The minimum absolute atomic E-state index is 0.229. The number of hydrogen-bond acceptors (Lipinski definition) is 5. The van der Waals surface area contributed by atoms with Gasteiger partial charge in [0.1, 0.15) is 18.2 Å². The molecular weight excluding hydrogens is 297 g/mol. The Morgan fingerprint density at radius 2 is 1.90 bits per heavy atom. The van der Waals surface area contributed by atoms with E-state index in [2.05, 4.69) is 4.99 Å². The van der Waals surface area contributed by atoms with Gasteiger partial charge in [0.15, 0.2) is 5.04 Å². The van der Waals surface area contributed by atoms with Crippen molar-refractivity contribution in [3.05, 3.63) is 41.1 Å². The fraction of sp³-hybridized carbons (Fsp3) is 0.182. The Labute approximate surface area is 112 Å². The molecule has 1 aromatic rings. The molecule has 1 aliphatic rings. The van der Waals surface area contributed by atoms with E-state index in [4.69, 9.17) is 10.5 Å². The highest BCUT2D eigenvalue weighted by molar-refractivity contribution is 8.09. The molecule has 1 aliphatic heterocycles. The number of nitrogens with zero attached hydrogens (tertiary/aromatic N) is 1. The van der Waals surface area contributed by atoms with Gasteiger partial charge in [0.2, 0.25) is 9.84 Å². The maximum atomic E-state index is 12.7. The van der Waals surface area contributed by atoms with Gasteiger partial charge >= 0.3 is 6.18 Å². The topological polar surface area (TPSA) is 81.8 Å². The van der Waals surface area contributed by atoms with Gasteiger partial charge in [-0.15, -0.1) is 0 Å². The zero-order chi connectivity index (χ0) is 15.0. The van der Waals surface area contributed by atoms with Crippen molar-refractivity contribution < 1.29 is 26.3 Å². The number of halogens is 3. The van der Waals surface area contributed by atoms with Crippen molar-refractivity contribution in [3.63, 3.8) is 0 Å². The number of ether oxygens (including phenoxy) is 1. The fourth-order valence-corrected chi connectivity index (χ4v) is 2.50. The summed E-state index contributed by atoms with van der Waals surface area (Å²) >= 11 is 0. The molecule has 0 aliphatic carbocycles. The lowest BCUT2D eigenvalue weighted by Crippen LogP contribution is -2.19. The maximum absolute atomic E-state index is 12.7. The molecule has 0 aromatic heterocycles. The van der Waals surface area contributed by atoms with Crippen LogP contribution in [0.1, 0.15) is 5.56 Å². The van der Waals surface area contributed by atoms with Crippen molar-refractivity contribution in [2.45, 2.75) is 6.18 Å². The molecule has 1 heterocycles. The molecule has 0 radical (unpaired) electrons. The van der Waals surface area contributed by atoms with Crippen LogP contribution in [0.4, 0.5) is 13.2 Å². The molecule has 0 atom stereocenters. The third-order valence-corrected chi connectivity index (χ3v) is 3.82. The quantitative estimate of drug-likeness (QED) is 0.921. The minimum atomic E-state index is -4.59. The fourth-order valence-electron chi connectivity index (χ4n) is 1.54. The Balaban J connectivity index is 2.20. The summed E-state index contributed by atoms with van der Waals surface area (Å²) in [5, 5.41) is 0.299. The second-order valence-electron chi connectivity index (χ2n) is 3.88. The number of benzene rings is 1. The van der Waals surface area contributed by atoms with Crippen molar-refractivity contribution in [1.29, 1.82) is 0 Å². The van der Waals surface area contributed by atoms with Crippen molar-refractivity contribution >= 4 is 14.9 Å². The predicted molar refractivity (Wildman–Crippen MR) is 65.6 cm³/mol. The van der Waals surface area contributed by atoms with Crippen LogP contribution in [-0.4, -0.2) is 20.1 Å². The molecule has 0 fully saturated rings. The SMILES string of the molecule is NC1=CS(=O)(=O)C(COc2ccccc2C(F)(F)F)=N1. The van der Waals surface area contributed by atoms with Crippen molar-refractivity contribution in [2.75, 3.05) is 6.61 Å². The average molecular weight is 306 g/mol. The summed E-state index contributed by atoms with van der Waals surface area (Å²) in [7, 11) is -3.80. The van der Waals surface area contributed by atoms with E-state index in [1.807, 2.05) is 0 Å². The van der Waals surface area contributed by atoms with Crippen molar-refractivity contribution in [1.82, 2.24) is 0 Å². The molecule has 20 heavy (non-hydrogen) atoms. The standard InChI is InChI=1S/C11H9F3N2O3S/c12-11(13,14)7-3-1-2-4-8(7)19-5-10-16-9(15)6-20(10,17)18/h1-4,6H,5,15H2. The molecular formula is C11H9F3N2O3S. The normalized spacial score (nSPS) is 17.6. The second-order valence-corrected chi connectivity index (χ2v) is 5.67. The third-order valence-electron chi connectivity index (χ3n) is 2.40. The van der Waals surface area contributed by atoms with Gasteiger partial charge in [-0.1, -0.05) is 12.1 Å². The van der Waals surface area contributed by atoms with Gasteiger partial charge in [-0.3, -0.25) is 0 Å². The first-order valence-electron chi connectivity index (χ1n) is 5.29. The van der Waals surface area contributed by atoms with Gasteiger partial charge in [-0.05, 0) is 12.1 Å². The largest absolute Gasteiger partial charge is 0.486 e. The van der Waals surface area contributed by atoms with Crippen LogP contribution in [0.25, 0.3) is 0 Å². The summed E-state index contributed by atoms with van der Waals surface area (Å²) in [6, 6.07) is 4.50. The number of rotatable bonds is 3. The zero-order valence-electron chi connectivity index (χ0n) is 9.89. The van der Waals surface area contributed by atoms with Gasteiger partial charge in [-0.25, -0.2) is 13.4 Å². The highest BCUT2D eigenvalue weighted by Gasteiger charge is 2.34. The van der Waals surface area contributed by atoms with E-state index in [1.165, 1.54) is 12.1 Å². The predicted octanol–water partition coefficient (Wildman–Crippen LogP) is 1.67. The van der Waals surface area contributed by atoms with Crippen LogP contribution in [-0.2, 0) is 16.0 Å². The molecule has 0 amide bonds. The summed E-state index contributed by atoms with van der Waals surface area (Å²) in [5.41, 5.74) is 4.24.